The van der Waals surface area contributed by atoms with Crippen molar-refractivity contribution < 1.29 is 40.4 Å². The first kappa shape index (κ1) is 31.0. The number of halogens is 3. The van der Waals surface area contributed by atoms with E-state index in [9.17, 15) is 18.0 Å². The van der Waals surface area contributed by atoms with E-state index in [1.165, 1.54) is 0 Å². The first-order valence-electron chi connectivity index (χ1n) is 11.8. The van der Waals surface area contributed by atoms with Crippen LogP contribution in [0, 0.1) is 0 Å². The van der Waals surface area contributed by atoms with Gasteiger partial charge < -0.3 is 14.0 Å². The molecular weight excluding hydrogens is 565 g/mol. The molecule has 4 aromatic carbocycles. The molecular formula is C29H27F3O6S2. The number of carbonyl (C=O) groups excluding carboxylic acids is 1. The lowest BCUT2D eigenvalue weighted by Crippen LogP contribution is -2.24. The van der Waals surface area contributed by atoms with Gasteiger partial charge in [-0.1, -0.05) is 54.6 Å². The van der Waals surface area contributed by atoms with Crippen molar-refractivity contribution in [3.63, 3.8) is 0 Å². The van der Waals surface area contributed by atoms with Gasteiger partial charge in [0.2, 0.25) is 4.90 Å². The number of methoxy groups -OCH3 is 1. The van der Waals surface area contributed by atoms with E-state index in [1.54, 1.807) is 7.11 Å². The molecule has 0 unspecified atom stereocenters. The summed E-state index contributed by atoms with van der Waals surface area (Å²) in [4.78, 5) is 16.5. The molecule has 0 saturated carbocycles. The number of hydrogen-bond acceptors (Lipinski definition) is 6. The van der Waals surface area contributed by atoms with Gasteiger partial charge in [0.25, 0.3) is 0 Å². The molecule has 0 aliphatic carbocycles. The lowest BCUT2D eigenvalue weighted by molar-refractivity contribution is -0.0518. The van der Waals surface area contributed by atoms with Crippen molar-refractivity contribution >= 4 is 37.8 Å². The first-order valence-corrected chi connectivity index (χ1v) is 14.5. The summed E-state index contributed by atoms with van der Waals surface area (Å²) in [5, 5.41) is 2.04. The predicted octanol–water partition coefficient (Wildman–Crippen LogP) is 6.95. The third-order valence-corrected chi connectivity index (χ3v) is 8.09. The molecule has 4 aromatic rings. The summed E-state index contributed by atoms with van der Waals surface area (Å²) in [7, 11) is -4.95. The topological polar surface area (TPSA) is 92.7 Å². The summed E-state index contributed by atoms with van der Waals surface area (Å²) in [6.45, 7) is 5.62. The standard InChI is InChI=1S/C28H27O3S.CHF3O3S/c1-28(2,3)31-27(29)24-19-20-13-11-12-18-23(20)26(25(24)30-4)32(21-14-7-5-8-15-21)22-16-9-6-10-17-22;2-1(3,4)8(5,6)7/h5-19H,1-4H3;(H,5,6,7)/q+1;/p-1. The van der Waals surface area contributed by atoms with Crippen molar-refractivity contribution in [2.45, 2.75) is 46.6 Å². The van der Waals surface area contributed by atoms with Gasteiger partial charge >= 0.3 is 11.5 Å². The van der Waals surface area contributed by atoms with Crippen LogP contribution < -0.4 is 4.74 Å². The lowest BCUT2D eigenvalue weighted by atomic mass is 10.1. The normalized spacial score (nSPS) is 12.0. The molecule has 0 radical (unpaired) electrons. The van der Waals surface area contributed by atoms with E-state index in [0.29, 0.717) is 11.3 Å². The quantitative estimate of drug-likeness (QED) is 0.108. The van der Waals surface area contributed by atoms with Crippen LogP contribution in [0.15, 0.2) is 106 Å². The third-order valence-electron chi connectivity index (χ3n) is 5.22. The second kappa shape index (κ2) is 12.3. The van der Waals surface area contributed by atoms with Gasteiger partial charge in [-0.25, -0.2) is 13.2 Å². The van der Waals surface area contributed by atoms with E-state index >= 15 is 0 Å². The van der Waals surface area contributed by atoms with E-state index < -0.39 is 32.1 Å². The zero-order chi connectivity index (χ0) is 29.7. The van der Waals surface area contributed by atoms with Crippen LogP contribution in [0.3, 0.4) is 0 Å². The van der Waals surface area contributed by atoms with E-state index in [4.69, 9.17) is 22.4 Å². The van der Waals surface area contributed by atoms with Gasteiger partial charge in [0.1, 0.15) is 22.1 Å². The molecule has 0 bridgehead atoms. The highest BCUT2D eigenvalue weighted by molar-refractivity contribution is 7.97. The highest BCUT2D eigenvalue weighted by Crippen LogP contribution is 2.43. The Morgan fingerprint density at radius 1 is 0.825 bits per heavy atom. The molecule has 0 atom stereocenters. The minimum atomic E-state index is -6.09. The van der Waals surface area contributed by atoms with Gasteiger partial charge in [0, 0.05) is 5.39 Å². The molecule has 0 saturated heterocycles. The largest absolute Gasteiger partial charge is 0.741 e. The third kappa shape index (κ3) is 7.56. The molecule has 0 aliphatic heterocycles. The fraction of sp³-hybridized carbons (Fsp3) is 0.207. The van der Waals surface area contributed by atoms with Gasteiger partial charge in [0.15, 0.2) is 25.7 Å². The Morgan fingerprint density at radius 2 is 1.27 bits per heavy atom. The molecule has 0 aliphatic rings. The fourth-order valence-electron chi connectivity index (χ4n) is 3.67. The Hall–Kier alpha value is -3.54. The van der Waals surface area contributed by atoms with Gasteiger partial charge in [-0.05, 0) is 62.6 Å². The Morgan fingerprint density at radius 3 is 1.70 bits per heavy atom. The summed E-state index contributed by atoms with van der Waals surface area (Å²) in [6, 6.07) is 30.8. The van der Waals surface area contributed by atoms with Gasteiger partial charge in [-0.15, -0.1) is 0 Å². The molecule has 0 spiro atoms. The Balaban J connectivity index is 0.000000482. The average molecular weight is 593 g/mol. The summed E-state index contributed by atoms with van der Waals surface area (Å²) >= 11 is 0. The number of carbonyl (C=O) groups is 1. The van der Waals surface area contributed by atoms with Crippen LogP contribution in [-0.4, -0.2) is 37.2 Å². The van der Waals surface area contributed by atoms with Crippen LogP contribution in [0.2, 0.25) is 0 Å². The molecule has 11 heteroatoms. The van der Waals surface area contributed by atoms with E-state index in [1.807, 2.05) is 81.4 Å². The Bertz CT molecular complexity index is 1530. The first-order chi connectivity index (χ1) is 18.6. The van der Waals surface area contributed by atoms with Crippen LogP contribution in [-0.2, 0) is 25.7 Å². The Labute approximate surface area is 233 Å². The van der Waals surface area contributed by atoms with E-state index in [-0.39, 0.29) is 5.97 Å². The second-order valence-electron chi connectivity index (χ2n) is 9.34. The van der Waals surface area contributed by atoms with Crippen molar-refractivity contribution in [1.82, 2.24) is 0 Å². The van der Waals surface area contributed by atoms with Crippen LogP contribution >= 0.6 is 0 Å². The molecule has 6 nitrogen and oxygen atoms in total. The van der Waals surface area contributed by atoms with Crippen molar-refractivity contribution in [2.24, 2.45) is 0 Å². The molecule has 4 rings (SSSR count). The SMILES string of the molecule is COc1c(C(=O)OC(C)(C)C)cc2ccccc2c1[S+](c1ccccc1)c1ccccc1.O=S(=O)([O-])C(F)(F)F. The summed E-state index contributed by atoms with van der Waals surface area (Å²) < 4.78 is 70.6. The fourth-order valence-corrected chi connectivity index (χ4v) is 6.06. The van der Waals surface area contributed by atoms with Crippen LogP contribution in [0.25, 0.3) is 10.8 Å². The summed E-state index contributed by atoms with van der Waals surface area (Å²) in [5.41, 5.74) is -5.80. The number of benzene rings is 4. The van der Waals surface area contributed by atoms with Crippen molar-refractivity contribution in [3.05, 3.63) is 96.6 Å². The lowest BCUT2D eigenvalue weighted by Gasteiger charge is -2.21. The molecule has 0 aromatic heterocycles. The maximum absolute atomic E-state index is 13.2. The Kier molecular flexibility index (Phi) is 9.55. The molecule has 0 heterocycles. The molecule has 212 valence electrons. The highest BCUT2D eigenvalue weighted by Gasteiger charge is 2.38. The van der Waals surface area contributed by atoms with Crippen LogP contribution in [0.1, 0.15) is 31.1 Å². The van der Waals surface area contributed by atoms with Crippen LogP contribution in [0.4, 0.5) is 13.2 Å². The van der Waals surface area contributed by atoms with Crippen molar-refractivity contribution in [3.8, 4) is 5.75 Å². The molecule has 0 amide bonds. The number of fused-ring (bicyclic) bond motifs is 1. The number of alkyl halides is 3. The van der Waals surface area contributed by atoms with Gasteiger partial charge in [-0.2, -0.15) is 13.2 Å². The number of ether oxygens (including phenoxy) is 2. The maximum Gasteiger partial charge on any atom is 0.485 e. The highest BCUT2D eigenvalue weighted by atomic mass is 32.2. The second-order valence-corrected chi connectivity index (χ2v) is 12.7. The van der Waals surface area contributed by atoms with Crippen LogP contribution in [0.5, 0.6) is 5.75 Å². The molecule has 0 N–H and O–H groups in total. The number of rotatable bonds is 5. The summed E-state index contributed by atoms with van der Waals surface area (Å²) in [5.74, 6) is 0.181. The zero-order valence-corrected chi connectivity index (χ0v) is 23.7. The summed E-state index contributed by atoms with van der Waals surface area (Å²) in [6.07, 6.45) is 0. The molecule has 40 heavy (non-hydrogen) atoms. The number of esters is 1. The average Bonchev–Trinajstić information content (AvgIpc) is 2.88. The van der Waals surface area contributed by atoms with Gasteiger partial charge in [0.05, 0.1) is 7.11 Å². The predicted molar refractivity (Wildman–Crippen MR) is 146 cm³/mol. The van der Waals surface area contributed by atoms with Crippen molar-refractivity contribution in [1.29, 1.82) is 0 Å². The minimum absolute atomic E-state index is 0.383. The van der Waals surface area contributed by atoms with Gasteiger partial charge in [-0.3, -0.25) is 0 Å². The smallest absolute Gasteiger partial charge is 0.485 e. The number of hydrogen-bond donors (Lipinski definition) is 0. The molecule has 0 fully saturated rings. The van der Waals surface area contributed by atoms with E-state index in [2.05, 4.69) is 30.3 Å². The maximum atomic E-state index is 13.2. The monoisotopic (exact) mass is 592 g/mol. The zero-order valence-electron chi connectivity index (χ0n) is 22.1. The minimum Gasteiger partial charge on any atom is -0.741 e. The van der Waals surface area contributed by atoms with E-state index in [0.717, 1.165) is 25.5 Å². The van der Waals surface area contributed by atoms with Crippen molar-refractivity contribution in [2.75, 3.05) is 7.11 Å².